The third-order valence-corrected chi connectivity index (χ3v) is 6.20. The molecule has 1 aromatic carbocycles. The number of nitrogens with two attached hydrogens (primary N) is 1. The zero-order chi connectivity index (χ0) is 22.2. The van der Waals surface area contributed by atoms with Crippen LogP contribution in [0.2, 0.25) is 0 Å². The molecule has 2 aliphatic heterocycles. The van der Waals surface area contributed by atoms with E-state index in [0.29, 0.717) is 11.9 Å². The van der Waals surface area contributed by atoms with Gasteiger partial charge in [0.2, 0.25) is 0 Å². The summed E-state index contributed by atoms with van der Waals surface area (Å²) in [6.45, 7) is 6.96. The maximum atomic E-state index is 14.2. The molecule has 4 heterocycles. The second-order valence-corrected chi connectivity index (χ2v) is 8.20. The molecular weight excluding hydrogens is 416 g/mol. The number of aromatic nitrogens is 3. The van der Waals surface area contributed by atoms with Crippen LogP contribution in [0.1, 0.15) is 17.4 Å². The lowest BCUT2D eigenvalue weighted by Crippen LogP contribution is -2.58. The summed E-state index contributed by atoms with van der Waals surface area (Å²) in [4.78, 5) is 9.36. The number of ether oxygens (including phenoxy) is 1. The summed E-state index contributed by atoms with van der Waals surface area (Å²) in [6, 6.07) is 6.22. The molecule has 3 aromatic rings. The van der Waals surface area contributed by atoms with Crippen LogP contribution in [0.3, 0.4) is 0 Å². The molecule has 5 rings (SSSR count). The Bertz CT molecular complexity index is 1140. The van der Waals surface area contributed by atoms with Gasteiger partial charge in [0.25, 0.3) is 0 Å². The van der Waals surface area contributed by atoms with Crippen molar-refractivity contribution in [2.75, 3.05) is 49.6 Å². The van der Waals surface area contributed by atoms with Gasteiger partial charge in [-0.25, -0.2) is 13.8 Å². The molecule has 0 bridgehead atoms. The molecule has 168 valence electrons. The number of nitrogens with zero attached hydrogens (tertiary/aromatic N) is 5. The number of morpholine rings is 1. The molecule has 2 fully saturated rings. The average molecular weight is 441 g/mol. The SMILES string of the molecule is Cc1nnc(N[C@H](N)c2cccc(F)c2F)c2cc(N3CCN4CCOC[C@@H]4C3)ncc12. The number of halogens is 2. The first-order valence-electron chi connectivity index (χ1n) is 10.7. The largest absolute Gasteiger partial charge is 0.378 e. The van der Waals surface area contributed by atoms with Gasteiger partial charge in [0, 0.05) is 48.7 Å². The minimum Gasteiger partial charge on any atom is -0.378 e. The number of benzene rings is 1. The van der Waals surface area contributed by atoms with Gasteiger partial charge in [0.05, 0.1) is 24.9 Å². The van der Waals surface area contributed by atoms with Crippen LogP contribution >= 0.6 is 0 Å². The fourth-order valence-electron chi connectivity index (χ4n) is 4.38. The van der Waals surface area contributed by atoms with E-state index in [1.165, 1.54) is 12.1 Å². The molecule has 0 aliphatic carbocycles. The highest BCUT2D eigenvalue weighted by atomic mass is 19.2. The number of nitrogens with one attached hydrogen (secondary N) is 1. The van der Waals surface area contributed by atoms with Gasteiger partial charge in [-0.2, -0.15) is 5.10 Å². The molecule has 2 saturated heterocycles. The first-order valence-corrected chi connectivity index (χ1v) is 10.7. The number of hydrogen-bond donors (Lipinski definition) is 2. The summed E-state index contributed by atoms with van der Waals surface area (Å²) >= 11 is 0. The van der Waals surface area contributed by atoms with Crippen molar-refractivity contribution in [1.82, 2.24) is 20.1 Å². The first kappa shape index (κ1) is 20.9. The van der Waals surface area contributed by atoms with Crippen molar-refractivity contribution >= 4 is 22.4 Å². The zero-order valence-corrected chi connectivity index (χ0v) is 17.8. The molecule has 8 nitrogen and oxygen atoms in total. The quantitative estimate of drug-likeness (QED) is 0.596. The Labute approximate surface area is 184 Å². The average Bonchev–Trinajstić information content (AvgIpc) is 2.82. The summed E-state index contributed by atoms with van der Waals surface area (Å²) < 4.78 is 33.5. The van der Waals surface area contributed by atoms with Gasteiger partial charge in [-0.3, -0.25) is 4.90 Å². The highest BCUT2D eigenvalue weighted by molar-refractivity contribution is 5.94. The van der Waals surface area contributed by atoms with Gasteiger partial charge in [-0.15, -0.1) is 5.10 Å². The molecule has 0 radical (unpaired) electrons. The standard InChI is InChI=1S/C22H25F2N7O/c1-13-17-10-26-19(31-6-5-30-7-8-32-12-14(30)11-31)9-16(17)22(29-28-13)27-21(25)15-3-2-4-18(23)20(15)24/h2-4,9-10,14,21H,5-8,11-12,25H2,1H3,(H,27,29)/t14-,21-/m0/s1. The van der Waals surface area contributed by atoms with Crippen LogP contribution in [0.25, 0.3) is 10.8 Å². The molecule has 3 N–H and O–H groups in total. The molecule has 2 aliphatic rings. The van der Waals surface area contributed by atoms with Crippen LogP contribution in [0.4, 0.5) is 20.4 Å². The van der Waals surface area contributed by atoms with E-state index in [9.17, 15) is 8.78 Å². The van der Waals surface area contributed by atoms with E-state index in [0.717, 1.165) is 67.7 Å². The van der Waals surface area contributed by atoms with E-state index in [1.807, 2.05) is 13.0 Å². The van der Waals surface area contributed by atoms with Crippen molar-refractivity contribution in [2.24, 2.45) is 5.73 Å². The molecule has 0 saturated carbocycles. The van der Waals surface area contributed by atoms with Crippen molar-refractivity contribution in [3.63, 3.8) is 0 Å². The molecule has 32 heavy (non-hydrogen) atoms. The van der Waals surface area contributed by atoms with E-state index < -0.39 is 17.8 Å². The number of anilines is 2. The maximum absolute atomic E-state index is 14.2. The zero-order valence-electron chi connectivity index (χ0n) is 17.8. The van der Waals surface area contributed by atoms with Crippen molar-refractivity contribution < 1.29 is 13.5 Å². The summed E-state index contributed by atoms with van der Waals surface area (Å²) in [5, 5.41) is 13.0. The van der Waals surface area contributed by atoms with Gasteiger partial charge >= 0.3 is 0 Å². The summed E-state index contributed by atoms with van der Waals surface area (Å²) in [5.74, 6) is -0.711. The topological polar surface area (TPSA) is 92.4 Å². The Morgan fingerprint density at radius 1 is 1.19 bits per heavy atom. The van der Waals surface area contributed by atoms with Crippen molar-refractivity contribution in [1.29, 1.82) is 0 Å². The minimum absolute atomic E-state index is 0.0169. The van der Waals surface area contributed by atoms with Gasteiger partial charge < -0.3 is 20.7 Å². The van der Waals surface area contributed by atoms with Crippen LogP contribution in [0, 0.1) is 18.6 Å². The number of aryl methyl sites for hydroxylation is 1. The number of rotatable bonds is 4. The predicted octanol–water partition coefficient (Wildman–Crippen LogP) is 2.20. The van der Waals surface area contributed by atoms with Crippen LogP contribution in [0.15, 0.2) is 30.5 Å². The third kappa shape index (κ3) is 3.85. The van der Waals surface area contributed by atoms with E-state index in [4.69, 9.17) is 10.5 Å². The van der Waals surface area contributed by atoms with Crippen LogP contribution in [-0.2, 0) is 4.74 Å². The smallest absolute Gasteiger partial charge is 0.165 e. The molecule has 0 unspecified atom stereocenters. The first-order chi connectivity index (χ1) is 15.5. The van der Waals surface area contributed by atoms with Crippen molar-refractivity contribution in [2.45, 2.75) is 19.1 Å². The monoisotopic (exact) mass is 441 g/mol. The Kier molecular flexibility index (Phi) is 5.58. The predicted molar refractivity (Wildman–Crippen MR) is 117 cm³/mol. The van der Waals surface area contributed by atoms with Gasteiger partial charge in [0.15, 0.2) is 17.5 Å². The number of pyridine rings is 1. The molecule has 2 aromatic heterocycles. The lowest BCUT2D eigenvalue weighted by Gasteiger charge is -2.44. The maximum Gasteiger partial charge on any atom is 0.165 e. The number of hydrogen-bond acceptors (Lipinski definition) is 8. The van der Waals surface area contributed by atoms with Crippen molar-refractivity contribution in [3.8, 4) is 0 Å². The molecule has 0 amide bonds. The Morgan fingerprint density at radius 3 is 2.94 bits per heavy atom. The molecule has 2 atom stereocenters. The Balaban J connectivity index is 1.46. The van der Waals surface area contributed by atoms with Crippen LogP contribution in [-0.4, -0.2) is 65.5 Å². The van der Waals surface area contributed by atoms with Gasteiger partial charge in [-0.1, -0.05) is 12.1 Å². The lowest BCUT2D eigenvalue weighted by molar-refractivity contribution is -0.0117. The van der Waals surface area contributed by atoms with Gasteiger partial charge in [-0.05, 0) is 19.1 Å². The Hall–Kier alpha value is -2.95. The van der Waals surface area contributed by atoms with Crippen LogP contribution in [0.5, 0.6) is 0 Å². The third-order valence-electron chi connectivity index (χ3n) is 6.20. The van der Waals surface area contributed by atoms with E-state index in [2.05, 4.69) is 30.3 Å². The highest BCUT2D eigenvalue weighted by Gasteiger charge is 2.30. The molecular formula is C22H25F2N7O. The fraction of sp³-hybridized carbons (Fsp3) is 0.409. The number of fused-ring (bicyclic) bond motifs is 2. The fourth-order valence-corrected chi connectivity index (χ4v) is 4.38. The van der Waals surface area contributed by atoms with Crippen molar-refractivity contribution in [3.05, 3.63) is 53.4 Å². The highest BCUT2D eigenvalue weighted by Crippen LogP contribution is 2.29. The molecule has 10 heteroatoms. The summed E-state index contributed by atoms with van der Waals surface area (Å²) in [5.41, 5.74) is 6.89. The second-order valence-electron chi connectivity index (χ2n) is 8.20. The normalized spacial score (nSPS) is 20.2. The second kappa shape index (κ2) is 8.53. The lowest BCUT2D eigenvalue weighted by atomic mass is 10.1. The Morgan fingerprint density at radius 2 is 2.06 bits per heavy atom. The number of piperazine rings is 1. The minimum atomic E-state index is -0.995. The van der Waals surface area contributed by atoms with E-state index in [1.54, 1.807) is 6.20 Å². The summed E-state index contributed by atoms with van der Waals surface area (Å²) in [6.07, 6.45) is 0.781. The van der Waals surface area contributed by atoms with Crippen LogP contribution < -0.4 is 16.0 Å². The van der Waals surface area contributed by atoms with E-state index >= 15 is 0 Å². The summed E-state index contributed by atoms with van der Waals surface area (Å²) in [7, 11) is 0. The molecule has 0 spiro atoms. The van der Waals surface area contributed by atoms with E-state index in [-0.39, 0.29) is 5.56 Å². The van der Waals surface area contributed by atoms with Gasteiger partial charge in [0.1, 0.15) is 12.0 Å².